The Morgan fingerprint density at radius 3 is 1.52 bits per heavy atom. The molecule has 0 saturated heterocycles. The van der Waals surface area contributed by atoms with Crippen LogP contribution >= 0.6 is 0 Å². The molecule has 14 heteroatoms. The van der Waals surface area contributed by atoms with Crippen LogP contribution in [0.5, 0.6) is 17.2 Å². The van der Waals surface area contributed by atoms with E-state index in [2.05, 4.69) is 5.32 Å². The van der Waals surface area contributed by atoms with E-state index < -0.39 is 71.8 Å². The van der Waals surface area contributed by atoms with E-state index in [1.54, 1.807) is 83.3 Å². The molecule has 0 aromatic heterocycles. The summed E-state index contributed by atoms with van der Waals surface area (Å²) in [4.78, 5) is 74.2. The van der Waals surface area contributed by atoms with Crippen LogP contribution < -0.4 is 10.1 Å². The van der Waals surface area contributed by atoms with E-state index in [4.69, 9.17) is 14.2 Å². The predicted molar refractivity (Wildman–Crippen MR) is 219 cm³/mol. The Labute approximate surface area is 342 Å². The molecule has 0 aliphatic heterocycles. The third kappa shape index (κ3) is 12.7. The molecule has 3 N–H and O–H groups in total. The number of esters is 2. The lowest BCUT2D eigenvalue weighted by atomic mass is 9.96. The Kier molecular flexibility index (Phi) is 17.5. The van der Waals surface area contributed by atoms with Crippen LogP contribution in [0.4, 0.5) is 0 Å². The summed E-state index contributed by atoms with van der Waals surface area (Å²) in [5, 5.41) is 22.6. The maximum atomic E-state index is 14.5. The van der Waals surface area contributed by atoms with Crippen molar-refractivity contribution in [3.05, 3.63) is 89.5 Å². The van der Waals surface area contributed by atoms with Gasteiger partial charge in [-0.3, -0.25) is 24.1 Å². The molecular weight excluding hydrogens is 745 g/mol. The van der Waals surface area contributed by atoms with Gasteiger partial charge in [-0.2, -0.15) is 0 Å². The first-order chi connectivity index (χ1) is 27.4. The SMILES string of the molecule is CC[C@H](C)[C@@H](OC(=O)[C@@H](Cc1ccc(OC)cc1)N(C)C)C(=O)N[C@@H](C(=O)N(C)[C@H](Cc1ccc(O)cc1)C(=O)N(C)[C@@H](Cc1ccc(O)cc1)C(=O)OC)C(C)C. The Morgan fingerprint density at radius 1 is 0.638 bits per heavy atom. The summed E-state index contributed by atoms with van der Waals surface area (Å²) in [5.41, 5.74) is 2.15. The molecule has 0 radical (unpaired) electrons. The highest BCUT2D eigenvalue weighted by Gasteiger charge is 2.40. The third-order valence-corrected chi connectivity index (χ3v) is 10.5. The monoisotopic (exact) mass is 804 g/mol. The fraction of sp³-hybridized carbons (Fsp3) is 0.477. The molecule has 0 aliphatic rings. The number of phenols is 2. The topological polar surface area (TPSA) is 175 Å². The maximum Gasteiger partial charge on any atom is 0.328 e. The van der Waals surface area contributed by atoms with Gasteiger partial charge in [0, 0.05) is 32.9 Å². The largest absolute Gasteiger partial charge is 0.508 e. The highest BCUT2D eigenvalue weighted by Crippen LogP contribution is 2.22. The fourth-order valence-corrected chi connectivity index (χ4v) is 6.43. The van der Waals surface area contributed by atoms with Crippen LogP contribution in [0.1, 0.15) is 50.8 Å². The van der Waals surface area contributed by atoms with Gasteiger partial charge in [-0.15, -0.1) is 0 Å². The van der Waals surface area contributed by atoms with Gasteiger partial charge in [-0.25, -0.2) is 4.79 Å². The Morgan fingerprint density at radius 2 is 1.09 bits per heavy atom. The molecule has 0 spiro atoms. The number of nitrogens with zero attached hydrogens (tertiary/aromatic N) is 3. The van der Waals surface area contributed by atoms with Gasteiger partial charge in [-0.05, 0) is 85.9 Å². The zero-order valence-corrected chi connectivity index (χ0v) is 35.3. The summed E-state index contributed by atoms with van der Waals surface area (Å²) in [6.45, 7) is 7.18. The Bertz CT molecular complexity index is 1820. The number of hydrogen-bond acceptors (Lipinski definition) is 11. The van der Waals surface area contributed by atoms with Crippen LogP contribution in [-0.4, -0.2) is 127 Å². The average molecular weight is 805 g/mol. The van der Waals surface area contributed by atoms with E-state index in [-0.39, 0.29) is 24.3 Å². The van der Waals surface area contributed by atoms with Crippen molar-refractivity contribution >= 4 is 29.7 Å². The number of carbonyl (C=O) groups excluding carboxylic acids is 5. The molecule has 58 heavy (non-hydrogen) atoms. The number of ether oxygens (including phenoxy) is 3. The molecule has 0 heterocycles. The van der Waals surface area contributed by atoms with Crippen LogP contribution in [0.2, 0.25) is 0 Å². The first-order valence-corrected chi connectivity index (χ1v) is 19.4. The first kappa shape index (κ1) is 46.8. The van der Waals surface area contributed by atoms with Crippen molar-refractivity contribution in [2.45, 2.75) is 83.6 Å². The van der Waals surface area contributed by atoms with Crippen LogP contribution in [0.3, 0.4) is 0 Å². The maximum absolute atomic E-state index is 14.5. The van der Waals surface area contributed by atoms with E-state index in [0.717, 1.165) is 5.56 Å². The summed E-state index contributed by atoms with van der Waals surface area (Å²) >= 11 is 0. The van der Waals surface area contributed by atoms with Crippen LogP contribution in [-0.2, 0) is 52.7 Å². The summed E-state index contributed by atoms with van der Waals surface area (Å²) in [5.74, 6) is -3.22. The number of methoxy groups -OCH3 is 2. The normalized spacial score (nSPS) is 14.3. The molecule has 14 nitrogen and oxygen atoms in total. The van der Waals surface area contributed by atoms with Crippen molar-refractivity contribution in [1.29, 1.82) is 0 Å². The fourth-order valence-electron chi connectivity index (χ4n) is 6.43. The molecule has 0 aliphatic carbocycles. The van der Waals surface area contributed by atoms with Crippen molar-refractivity contribution in [2.24, 2.45) is 11.8 Å². The van der Waals surface area contributed by atoms with Gasteiger partial charge in [0.05, 0.1) is 14.2 Å². The smallest absolute Gasteiger partial charge is 0.328 e. The van der Waals surface area contributed by atoms with Crippen LogP contribution in [0.15, 0.2) is 72.8 Å². The number of phenolic OH excluding ortho intramolecular Hbond substituents is 2. The van der Waals surface area contributed by atoms with Crippen molar-refractivity contribution in [3.8, 4) is 17.2 Å². The molecule has 3 aromatic rings. The van der Waals surface area contributed by atoms with E-state index in [1.807, 2.05) is 19.1 Å². The van der Waals surface area contributed by atoms with Gasteiger partial charge in [-0.1, -0.05) is 64.1 Å². The number of likely N-dealkylation sites (N-methyl/N-ethyl adjacent to an activating group) is 3. The second-order valence-electron chi connectivity index (χ2n) is 15.2. The number of amides is 3. The number of carbonyl (C=O) groups is 5. The van der Waals surface area contributed by atoms with Gasteiger partial charge in [0.25, 0.3) is 5.91 Å². The van der Waals surface area contributed by atoms with Crippen LogP contribution in [0, 0.1) is 11.8 Å². The van der Waals surface area contributed by atoms with Gasteiger partial charge in [0.2, 0.25) is 11.8 Å². The number of rotatable bonds is 20. The van der Waals surface area contributed by atoms with E-state index in [9.17, 15) is 34.2 Å². The second kappa shape index (κ2) is 21.8. The van der Waals surface area contributed by atoms with E-state index >= 15 is 0 Å². The minimum Gasteiger partial charge on any atom is -0.508 e. The number of hydrogen-bond donors (Lipinski definition) is 3. The van der Waals surface area contributed by atoms with Crippen molar-refractivity contribution in [1.82, 2.24) is 20.0 Å². The minimum atomic E-state index is -1.23. The molecule has 3 amide bonds. The van der Waals surface area contributed by atoms with Gasteiger partial charge in [0.1, 0.15) is 41.4 Å². The first-order valence-electron chi connectivity index (χ1n) is 19.4. The average Bonchev–Trinajstić information content (AvgIpc) is 3.21. The van der Waals surface area contributed by atoms with Crippen molar-refractivity contribution in [3.63, 3.8) is 0 Å². The highest BCUT2D eigenvalue weighted by molar-refractivity contribution is 5.95. The molecule has 0 unspecified atom stereocenters. The standard InChI is InChI=1S/C44H60N4O10/c1-11-28(4)39(58-44(55)36(46(5)6)25-31-16-22-34(56-9)23-17-31)40(51)45-38(27(2)3)42(53)47(7)35(24-29-12-18-32(49)19-13-29)41(52)48(8)37(43(54)57-10)26-30-14-20-33(50)21-15-30/h12-23,27-28,35-39,49-50H,11,24-26H2,1-10H3,(H,45,51)/t28-,35+,36+,37-,38+,39+/m0/s1. The van der Waals surface area contributed by atoms with Gasteiger partial charge in [0.15, 0.2) is 6.10 Å². The number of nitrogens with one attached hydrogen (secondary N) is 1. The zero-order valence-electron chi connectivity index (χ0n) is 35.3. The number of benzene rings is 3. The summed E-state index contributed by atoms with van der Waals surface area (Å²) in [7, 11) is 9.21. The quantitative estimate of drug-likeness (QED) is 0.141. The molecular formula is C44H60N4O10. The molecule has 316 valence electrons. The minimum absolute atomic E-state index is 0.00475. The highest BCUT2D eigenvalue weighted by atomic mass is 16.6. The predicted octanol–water partition coefficient (Wildman–Crippen LogP) is 3.99. The summed E-state index contributed by atoms with van der Waals surface area (Å²) < 4.78 is 16.3. The Hall–Kier alpha value is -5.63. The van der Waals surface area contributed by atoms with Crippen LogP contribution in [0.25, 0.3) is 0 Å². The second-order valence-corrected chi connectivity index (χ2v) is 15.2. The number of aromatic hydroxyl groups is 2. The van der Waals surface area contributed by atoms with Crippen molar-refractivity contribution in [2.75, 3.05) is 42.4 Å². The van der Waals surface area contributed by atoms with Crippen molar-refractivity contribution < 1.29 is 48.4 Å². The molecule has 0 fully saturated rings. The van der Waals surface area contributed by atoms with E-state index in [0.29, 0.717) is 29.7 Å². The molecule has 3 aromatic carbocycles. The van der Waals surface area contributed by atoms with E-state index in [1.165, 1.54) is 55.3 Å². The zero-order chi connectivity index (χ0) is 43.3. The Balaban J connectivity index is 1.92. The lowest BCUT2D eigenvalue weighted by molar-refractivity contribution is -0.164. The molecule has 0 saturated carbocycles. The lowest BCUT2D eigenvalue weighted by Crippen LogP contribution is -2.59. The van der Waals surface area contributed by atoms with Gasteiger partial charge >= 0.3 is 11.9 Å². The van der Waals surface area contributed by atoms with Gasteiger partial charge < -0.3 is 39.5 Å². The third-order valence-electron chi connectivity index (χ3n) is 10.5. The lowest BCUT2D eigenvalue weighted by Gasteiger charge is -2.36. The summed E-state index contributed by atoms with van der Waals surface area (Å²) in [6, 6.07) is 15.6. The molecule has 6 atom stereocenters. The summed E-state index contributed by atoms with van der Waals surface area (Å²) in [6.07, 6.45) is -0.341. The molecule has 0 bridgehead atoms. The molecule has 3 rings (SSSR count).